The number of amides is 1. The molecule has 5 rings (SSSR count). The van der Waals surface area contributed by atoms with Crippen LogP contribution in [0.2, 0.25) is 25.7 Å². The van der Waals surface area contributed by atoms with E-state index < -0.39 is 8.07 Å². The van der Waals surface area contributed by atoms with Gasteiger partial charge in [-0.25, -0.2) is 4.98 Å². The molecule has 1 amide bonds. The van der Waals surface area contributed by atoms with Crippen LogP contribution in [0.1, 0.15) is 71.5 Å². The Labute approximate surface area is 220 Å². The summed E-state index contributed by atoms with van der Waals surface area (Å²) in [6.45, 7) is 13.4. The summed E-state index contributed by atoms with van der Waals surface area (Å²) in [4.78, 5) is 25.3. The Morgan fingerprint density at radius 1 is 1.27 bits per heavy atom. The summed E-state index contributed by atoms with van der Waals surface area (Å²) in [6.07, 6.45) is 4.46. The van der Waals surface area contributed by atoms with Gasteiger partial charge in [-0.2, -0.15) is 0 Å². The van der Waals surface area contributed by atoms with Gasteiger partial charge in [0.2, 0.25) is 0 Å². The number of hydrogen-bond donors (Lipinski definition) is 1. The Morgan fingerprint density at radius 3 is 2.68 bits per heavy atom. The largest absolute Gasteiger partial charge is 0.383 e. The zero-order valence-corrected chi connectivity index (χ0v) is 23.7. The van der Waals surface area contributed by atoms with E-state index in [2.05, 4.69) is 36.8 Å². The second-order valence-electron chi connectivity index (χ2n) is 11.5. The van der Waals surface area contributed by atoms with Gasteiger partial charge in [-0.05, 0) is 56.3 Å². The second-order valence-corrected chi connectivity index (χ2v) is 17.2. The number of carbonyl (C=O) groups is 1. The topological polar surface area (TPSA) is 95.5 Å². The fourth-order valence-electron chi connectivity index (χ4n) is 5.07. The van der Waals surface area contributed by atoms with Crippen molar-refractivity contribution < 1.29 is 14.3 Å². The molecule has 0 saturated heterocycles. The molecule has 0 radical (unpaired) electrons. The minimum Gasteiger partial charge on any atom is -0.383 e. The van der Waals surface area contributed by atoms with E-state index in [1.165, 1.54) is 18.4 Å². The average Bonchev–Trinajstić information content (AvgIpc) is 3.48. The number of rotatable bonds is 10. The van der Waals surface area contributed by atoms with Crippen molar-refractivity contribution >= 4 is 30.8 Å². The van der Waals surface area contributed by atoms with Crippen LogP contribution in [-0.4, -0.2) is 46.6 Å². The molecular formula is C28H39N5O3Si. The van der Waals surface area contributed by atoms with Gasteiger partial charge in [0.05, 0.1) is 36.0 Å². The van der Waals surface area contributed by atoms with E-state index in [1.807, 2.05) is 35.6 Å². The Morgan fingerprint density at radius 2 is 2.03 bits per heavy atom. The summed E-state index contributed by atoms with van der Waals surface area (Å²) in [5.74, 6) is 1.06. The maximum absolute atomic E-state index is 14.1. The quantitative estimate of drug-likeness (QED) is 0.281. The van der Waals surface area contributed by atoms with Crippen LogP contribution in [-0.2, 0) is 29.4 Å². The molecule has 3 aromatic heterocycles. The highest BCUT2D eigenvalue weighted by Gasteiger charge is 2.30. The number of anilines is 1. The lowest BCUT2D eigenvalue weighted by molar-refractivity contribution is 0.0634. The number of pyridine rings is 2. The van der Waals surface area contributed by atoms with Crippen LogP contribution in [0.5, 0.6) is 0 Å². The zero-order valence-electron chi connectivity index (χ0n) is 22.7. The van der Waals surface area contributed by atoms with E-state index in [0.717, 1.165) is 28.4 Å². The van der Waals surface area contributed by atoms with E-state index >= 15 is 0 Å². The molecule has 1 aliphatic heterocycles. The highest BCUT2D eigenvalue weighted by molar-refractivity contribution is 6.76. The number of carbonyl (C=O) groups excluding carboxylic acids is 1. The van der Waals surface area contributed by atoms with Crippen LogP contribution in [0.25, 0.3) is 11.0 Å². The molecule has 4 heterocycles. The minimum atomic E-state index is -1.24. The Hall–Kier alpha value is -2.75. The summed E-state index contributed by atoms with van der Waals surface area (Å²) in [5.41, 5.74) is 12.5. The van der Waals surface area contributed by atoms with Crippen molar-refractivity contribution in [3.05, 3.63) is 52.5 Å². The van der Waals surface area contributed by atoms with Crippen molar-refractivity contribution in [2.45, 2.75) is 84.3 Å². The monoisotopic (exact) mass is 521 g/mol. The van der Waals surface area contributed by atoms with Gasteiger partial charge in [-0.1, -0.05) is 25.7 Å². The number of aromatic nitrogens is 3. The van der Waals surface area contributed by atoms with Gasteiger partial charge >= 0.3 is 0 Å². The standard InChI is InChI=1S/C28H39N5O3Si/c1-6-32(18(2)23-10-9-20(14-30-23)19-7-8-19)28(34)25-13-24-26(21-15-36-16-22(21)27(29)31-24)33(25)17-35-11-12-37(3,4)5/h9-10,13-14,18-19H,6-8,11-12,15-17H2,1-5H3,(H2,29,31). The van der Waals surface area contributed by atoms with Gasteiger partial charge in [-0.15, -0.1) is 0 Å². The second kappa shape index (κ2) is 10.2. The number of nitrogen functional groups attached to an aromatic ring is 1. The molecule has 1 atom stereocenters. The van der Waals surface area contributed by atoms with Crippen molar-refractivity contribution in [2.75, 3.05) is 18.9 Å². The number of hydrogen-bond acceptors (Lipinski definition) is 6. The van der Waals surface area contributed by atoms with E-state index in [1.54, 1.807) is 0 Å². The lowest BCUT2D eigenvalue weighted by Crippen LogP contribution is -2.35. The first-order valence-electron chi connectivity index (χ1n) is 13.4. The third-order valence-electron chi connectivity index (χ3n) is 7.56. The molecule has 1 fully saturated rings. The molecule has 9 heteroatoms. The van der Waals surface area contributed by atoms with E-state index in [4.69, 9.17) is 20.2 Å². The van der Waals surface area contributed by atoms with Gasteiger partial charge in [0.25, 0.3) is 5.91 Å². The lowest BCUT2D eigenvalue weighted by atomic mass is 10.1. The van der Waals surface area contributed by atoms with Gasteiger partial charge in [0.15, 0.2) is 0 Å². The smallest absolute Gasteiger partial charge is 0.271 e. The van der Waals surface area contributed by atoms with E-state index in [0.29, 0.717) is 49.3 Å². The van der Waals surface area contributed by atoms with Crippen LogP contribution in [0.15, 0.2) is 24.4 Å². The Bertz CT molecular complexity index is 1290. The van der Waals surface area contributed by atoms with Crippen molar-refractivity contribution in [2.24, 2.45) is 0 Å². The molecule has 2 N–H and O–H groups in total. The number of fused-ring (bicyclic) bond motifs is 3. The first kappa shape index (κ1) is 25.9. The summed E-state index contributed by atoms with van der Waals surface area (Å²) < 4.78 is 13.9. The SMILES string of the molecule is CCN(C(=O)c1cc2nc(N)c3c(c2n1COCC[Si](C)(C)C)COC3)C(C)c1ccc(C2CC2)cn1. The molecule has 1 saturated carbocycles. The van der Waals surface area contributed by atoms with Crippen LogP contribution in [0, 0.1) is 0 Å². The van der Waals surface area contributed by atoms with Gasteiger partial charge < -0.3 is 24.7 Å². The summed E-state index contributed by atoms with van der Waals surface area (Å²) >= 11 is 0. The summed E-state index contributed by atoms with van der Waals surface area (Å²) in [7, 11) is -1.24. The predicted molar refractivity (Wildman–Crippen MR) is 148 cm³/mol. The van der Waals surface area contributed by atoms with Crippen LogP contribution >= 0.6 is 0 Å². The molecule has 8 nitrogen and oxygen atoms in total. The zero-order chi connectivity index (χ0) is 26.3. The highest BCUT2D eigenvalue weighted by atomic mass is 28.3. The third-order valence-corrected chi connectivity index (χ3v) is 9.26. The number of nitrogens with zero attached hydrogens (tertiary/aromatic N) is 4. The van der Waals surface area contributed by atoms with E-state index in [-0.39, 0.29) is 18.7 Å². The predicted octanol–water partition coefficient (Wildman–Crippen LogP) is 5.46. The Kier molecular flexibility index (Phi) is 7.13. The fraction of sp³-hybridized carbons (Fsp3) is 0.536. The first-order chi connectivity index (χ1) is 17.7. The van der Waals surface area contributed by atoms with Crippen molar-refractivity contribution in [3.8, 4) is 0 Å². The van der Waals surface area contributed by atoms with Crippen molar-refractivity contribution in [1.82, 2.24) is 19.4 Å². The van der Waals surface area contributed by atoms with Crippen LogP contribution in [0.3, 0.4) is 0 Å². The molecule has 0 spiro atoms. The third kappa shape index (κ3) is 5.30. The van der Waals surface area contributed by atoms with Crippen molar-refractivity contribution in [3.63, 3.8) is 0 Å². The summed E-state index contributed by atoms with van der Waals surface area (Å²) in [6, 6.07) is 6.97. The first-order valence-corrected chi connectivity index (χ1v) is 17.1. The molecule has 1 aliphatic carbocycles. The van der Waals surface area contributed by atoms with Gasteiger partial charge in [-0.3, -0.25) is 9.78 Å². The molecule has 1 unspecified atom stereocenters. The van der Waals surface area contributed by atoms with Crippen molar-refractivity contribution in [1.29, 1.82) is 0 Å². The molecule has 2 aliphatic rings. The molecule has 0 aromatic carbocycles. The Balaban J connectivity index is 1.48. The minimum absolute atomic E-state index is 0.0684. The average molecular weight is 522 g/mol. The van der Waals surface area contributed by atoms with Crippen LogP contribution < -0.4 is 5.73 Å². The molecule has 198 valence electrons. The molecule has 3 aromatic rings. The number of nitrogens with two attached hydrogens (primary N) is 1. The fourth-order valence-corrected chi connectivity index (χ4v) is 5.83. The highest BCUT2D eigenvalue weighted by Crippen LogP contribution is 2.40. The molecule has 0 bridgehead atoms. The normalized spacial score (nSPS) is 16.2. The van der Waals surface area contributed by atoms with Crippen LogP contribution in [0.4, 0.5) is 5.82 Å². The van der Waals surface area contributed by atoms with Gasteiger partial charge in [0.1, 0.15) is 18.2 Å². The number of ether oxygens (including phenoxy) is 2. The lowest BCUT2D eigenvalue weighted by Gasteiger charge is -2.28. The van der Waals surface area contributed by atoms with Gasteiger partial charge in [0, 0.05) is 38.5 Å². The summed E-state index contributed by atoms with van der Waals surface area (Å²) in [5, 5.41) is 0. The molecule has 37 heavy (non-hydrogen) atoms. The maximum atomic E-state index is 14.1. The van der Waals surface area contributed by atoms with E-state index in [9.17, 15) is 4.79 Å². The maximum Gasteiger partial charge on any atom is 0.271 e. The molecular weight excluding hydrogens is 482 g/mol.